The Morgan fingerprint density at radius 1 is 1.22 bits per heavy atom. The summed E-state index contributed by atoms with van der Waals surface area (Å²) >= 11 is 3.21. The molecule has 1 N–H and O–H groups in total. The van der Waals surface area contributed by atoms with Crippen molar-refractivity contribution in [2.24, 2.45) is 0 Å². The lowest BCUT2D eigenvalue weighted by Crippen LogP contribution is -2.31. The van der Waals surface area contributed by atoms with Crippen LogP contribution in [0.15, 0.2) is 44.3 Å². The average molecular weight is 461 g/mol. The first-order valence-corrected chi connectivity index (χ1v) is 10.3. The van der Waals surface area contributed by atoms with Gasteiger partial charge in [0.15, 0.2) is 4.67 Å². The lowest BCUT2D eigenvalue weighted by molar-refractivity contribution is -0.384. The molecule has 2 rings (SSSR count). The molecule has 0 saturated heterocycles. The summed E-state index contributed by atoms with van der Waals surface area (Å²) in [6, 6.07) is 7.33. The van der Waals surface area contributed by atoms with Crippen molar-refractivity contribution in [3.63, 3.8) is 0 Å². The molecule has 0 aliphatic carbocycles. The van der Waals surface area contributed by atoms with Crippen LogP contribution in [-0.4, -0.2) is 52.5 Å². The number of sulfonamides is 1. The average Bonchev–Trinajstić information content (AvgIpc) is 2.98. The molecule has 0 radical (unpaired) electrons. The summed E-state index contributed by atoms with van der Waals surface area (Å²) in [6.07, 6.45) is 0. The van der Waals surface area contributed by atoms with Gasteiger partial charge in [-0.2, -0.15) is 0 Å². The molecular weight excluding hydrogens is 440 g/mol. The first kappa shape index (κ1) is 21.4. The number of rotatable bonds is 9. The third-order valence-electron chi connectivity index (χ3n) is 3.74. The number of benzene rings is 1. The molecule has 0 saturated carbocycles. The van der Waals surface area contributed by atoms with E-state index in [-0.39, 0.29) is 17.1 Å². The fourth-order valence-corrected chi connectivity index (χ4v) is 3.76. The highest BCUT2D eigenvalue weighted by atomic mass is 79.9. The van der Waals surface area contributed by atoms with Gasteiger partial charge in [-0.1, -0.05) is 0 Å². The molecule has 1 heterocycles. The highest BCUT2D eigenvalue weighted by Crippen LogP contribution is 2.31. The summed E-state index contributed by atoms with van der Waals surface area (Å²) < 4.78 is 33.2. The Bertz CT molecular complexity index is 913. The molecule has 0 aliphatic rings. The summed E-state index contributed by atoms with van der Waals surface area (Å²) in [7, 11) is 1.48. The van der Waals surface area contributed by atoms with E-state index in [2.05, 4.69) is 20.7 Å². The van der Waals surface area contributed by atoms with E-state index in [1.807, 2.05) is 19.0 Å². The van der Waals surface area contributed by atoms with E-state index in [9.17, 15) is 18.5 Å². The second-order valence-corrected chi connectivity index (χ2v) is 8.72. The van der Waals surface area contributed by atoms with Gasteiger partial charge in [0.25, 0.3) is 5.69 Å². The van der Waals surface area contributed by atoms with Crippen LogP contribution in [0.1, 0.15) is 5.76 Å². The van der Waals surface area contributed by atoms with E-state index < -0.39 is 14.9 Å². The number of furan rings is 1. The molecule has 0 spiro atoms. The van der Waals surface area contributed by atoms with Gasteiger partial charge in [0.2, 0.25) is 10.0 Å². The zero-order valence-corrected chi connectivity index (χ0v) is 17.6. The van der Waals surface area contributed by atoms with E-state index in [0.29, 0.717) is 29.2 Å². The Labute approximate surface area is 166 Å². The highest BCUT2D eigenvalue weighted by Gasteiger charge is 2.23. The van der Waals surface area contributed by atoms with Crippen LogP contribution in [0.5, 0.6) is 0 Å². The van der Waals surface area contributed by atoms with Crippen LogP contribution >= 0.6 is 15.9 Å². The Hall–Kier alpha value is -1.95. The van der Waals surface area contributed by atoms with Crippen molar-refractivity contribution in [1.29, 1.82) is 0 Å². The largest absolute Gasteiger partial charge is 0.452 e. The Balaban J connectivity index is 2.26. The molecule has 0 atom stereocenters. The van der Waals surface area contributed by atoms with Crippen molar-refractivity contribution in [2.45, 2.75) is 11.4 Å². The third-order valence-corrected chi connectivity index (χ3v) is 5.62. The molecule has 1 aromatic heterocycles. The standard InChI is InChI=1S/C16H21BrN4O5S/c1-19(2)9-8-18-27(24,25)13-5-6-14(15(10-13)21(22)23)20(3)11-12-4-7-16(17)26-12/h4-7,10,18H,8-9,11H2,1-3H3. The third kappa shape index (κ3) is 5.76. The number of halogens is 1. The number of hydrogen-bond acceptors (Lipinski definition) is 7. The van der Waals surface area contributed by atoms with Crippen LogP contribution in [0.25, 0.3) is 0 Å². The second kappa shape index (κ2) is 8.83. The maximum Gasteiger partial charge on any atom is 0.293 e. The summed E-state index contributed by atoms with van der Waals surface area (Å²) in [5, 5.41) is 11.5. The van der Waals surface area contributed by atoms with Gasteiger partial charge in [-0.25, -0.2) is 13.1 Å². The molecule has 2 aromatic rings. The first-order chi connectivity index (χ1) is 12.6. The van der Waals surface area contributed by atoms with E-state index in [1.54, 1.807) is 24.1 Å². The summed E-state index contributed by atoms with van der Waals surface area (Å²) in [5.74, 6) is 0.612. The van der Waals surface area contributed by atoms with Gasteiger partial charge in [0.1, 0.15) is 11.4 Å². The topological polar surface area (TPSA) is 109 Å². The fraction of sp³-hybridized carbons (Fsp3) is 0.375. The first-order valence-electron chi connectivity index (χ1n) is 7.98. The Morgan fingerprint density at radius 2 is 1.93 bits per heavy atom. The predicted molar refractivity (Wildman–Crippen MR) is 105 cm³/mol. The highest BCUT2D eigenvalue weighted by molar-refractivity contribution is 9.10. The van der Waals surface area contributed by atoms with Gasteiger partial charge in [0.05, 0.1) is 16.4 Å². The molecule has 11 heteroatoms. The molecule has 0 unspecified atom stereocenters. The Morgan fingerprint density at radius 3 is 2.48 bits per heavy atom. The fourth-order valence-electron chi connectivity index (χ4n) is 2.38. The van der Waals surface area contributed by atoms with Crippen LogP contribution < -0.4 is 9.62 Å². The molecule has 0 amide bonds. The van der Waals surface area contributed by atoms with E-state index in [0.717, 1.165) is 6.07 Å². The number of nitrogens with zero attached hydrogens (tertiary/aromatic N) is 3. The maximum absolute atomic E-state index is 12.4. The van der Waals surface area contributed by atoms with Crippen molar-refractivity contribution < 1.29 is 17.8 Å². The summed E-state index contributed by atoms with van der Waals surface area (Å²) in [5.41, 5.74) is -0.00151. The van der Waals surface area contributed by atoms with Gasteiger partial charge in [0, 0.05) is 26.2 Å². The molecule has 0 aliphatic heterocycles. The van der Waals surface area contributed by atoms with Crippen LogP contribution in [-0.2, 0) is 16.6 Å². The lowest BCUT2D eigenvalue weighted by Gasteiger charge is -2.18. The molecule has 9 nitrogen and oxygen atoms in total. The van der Waals surface area contributed by atoms with Gasteiger partial charge < -0.3 is 14.2 Å². The number of nitro benzene ring substituents is 1. The number of likely N-dealkylation sites (N-methyl/N-ethyl adjacent to an activating group) is 1. The molecule has 1 aromatic carbocycles. The summed E-state index contributed by atoms with van der Waals surface area (Å²) in [6.45, 7) is 1.01. The van der Waals surface area contributed by atoms with E-state index in [4.69, 9.17) is 4.42 Å². The van der Waals surface area contributed by atoms with Gasteiger partial charge in [-0.3, -0.25) is 10.1 Å². The smallest absolute Gasteiger partial charge is 0.293 e. The monoisotopic (exact) mass is 460 g/mol. The molecule has 0 fully saturated rings. The van der Waals surface area contributed by atoms with Crippen molar-refractivity contribution in [3.05, 3.63) is 50.9 Å². The molecule has 0 bridgehead atoms. The van der Waals surface area contributed by atoms with Crippen LogP contribution in [0, 0.1) is 10.1 Å². The SMILES string of the molecule is CN(C)CCNS(=O)(=O)c1ccc(N(C)Cc2ccc(Br)o2)c([N+](=O)[O-])c1. The van der Waals surface area contributed by atoms with Gasteiger partial charge >= 0.3 is 0 Å². The minimum absolute atomic E-state index is 0.147. The molecule has 27 heavy (non-hydrogen) atoms. The van der Waals surface area contributed by atoms with Gasteiger partial charge in [-0.15, -0.1) is 0 Å². The number of hydrogen-bond donors (Lipinski definition) is 1. The zero-order chi connectivity index (χ0) is 20.2. The van der Waals surface area contributed by atoms with Crippen LogP contribution in [0.2, 0.25) is 0 Å². The predicted octanol–water partition coefficient (Wildman–Crippen LogP) is 2.43. The number of anilines is 1. The van der Waals surface area contributed by atoms with E-state index in [1.165, 1.54) is 12.1 Å². The second-order valence-electron chi connectivity index (χ2n) is 6.17. The van der Waals surface area contributed by atoms with Crippen LogP contribution in [0.3, 0.4) is 0 Å². The Kier molecular flexibility index (Phi) is 6.98. The minimum Gasteiger partial charge on any atom is -0.452 e. The lowest BCUT2D eigenvalue weighted by atomic mass is 10.2. The summed E-state index contributed by atoms with van der Waals surface area (Å²) in [4.78, 5) is 14.2. The van der Waals surface area contributed by atoms with Crippen molar-refractivity contribution in [1.82, 2.24) is 9.62 Å². The quantitative estimate of drug-likeness (QED) is 0.451. The van der Waals surface area contributed by atoms with Crippen molar-refractivity contribution >= 4 is 37.3 Å². The maximum atomic E-state index is 12.4. The molecular formula is C16H21BrN4O5S. The van der Waals surface area contributed by atoms with Crippen molar-refractivity contribution in [2.75, 3.05) is 39.1 Å². The zero-order valence-electron chi connectivity index (χ0n) is 15.2. The molecule has 148 valence electrons. The number of nitro groups is 1. The minimum atomic E-state index is -3.83. The van der Waals surface area contributed by atoms with Crippen molar-refractivity contribution in [3.8, 4) is 0 Å². The normalized spacial score (nSPS) is 11.7. The number of nitrogens with one attached hydrogen (secondary N) is 1. The van der Waals surface area contributed by atoms with Gasteiger partial charge in [-0.05, 0) is 54.3 Å². The van der Waals surface area contributed by atoms with E-state index >= 15 is 0 Å². The van der Waals surface area contributed by atoms with Crippen LogP contribution in [0.4, 0.5) is 11.4 Å².